The fourth-order valence-corrected chi connectivity index (χ4v) is 6.22. The summed E-state index contributed by atoms with van der Waals surface area (Å²) in [5.41, 5.74) is 2.16. The van der Waals surface area contributed by atoms with E-state index in [1.54, 1.807) is 6.08 Å². The van der Waals surface area contributed by atoms with Crippen LogP contribution in [0.2, 0.25) is 0 Å². The molecule has 5 rings (SSSR count). The van der Waals surface area contributed by atoms with Crippen LogP contribution in [0, 0.1) is 5.92 Å². The average Bonchev–Trinajstić information content (AvgIpc) is 3.13. The number of halogens is 2. The standard InChI is InChI=1S/C24H27FIN4O/c1-16(2)22-28-14-21-24(29-20-4-3-11-27-23(20)30(21)22)8-5-17(6-9-24)15-31-19-12-18(25)7-10-26-13-19/h3-4,7,10-14,16-17,29H,5-6,8-9,15H2,1-2H3/q-1. The van der Waals surface area contributed by atoms with Gasteiger partial charge in [-0.1, -0.05) is 13.8 Å². The van der Waals surface area contributed by atoms with Gasteiger partial charge in [0.2, 0.25) is 0 Å². The number of nitrogens with zero attached hydrogens (tertiary/aromatic N) is 3. The SMILES string of the molecule is CC(C)c1ncc2n1-c1ncccc1NC21CCC(COC2=C[I-]C=CC(F)=C2)CC1. The topological polar surface area (TPSA) is 52.0 Å². The second kappa shape index (κ2) is 8.41. The monoisotopic (exact) mass is 533 g/mol. The molecule has 3 aliphatic rings. The van der Waals surface area contributed by atoms with E-state index in [1.165, 1.54) is 11.8 Å². The molecule has 1 N–H and O–H groups in total. The zero-order valence-corrected chi connectivity index (χ0v) is 20.0. The third-order valence-corrected chi connectivity index (χ3v) is 8.11. The van der Waals surface area contributed by atoms with Crippen molar-refractivity contribution in [2.45, 2.75) is 51.0 Å². The first-order chi connectivity index (χ1) is 15.1. The van der Waals surface area contributed by atoms with Gasteiger partial charge in [0.05, 0.1) is 0 Å². The van der Waals surface area contributed by atoms with E-state index in [2.05, 4.69) is 34.8 Å². The number of rotatable bonds is 4. The molecule has 1 fully saturated rings. The van der Waals surface area contributed by atoms with Gasteiger partial charge in [-0.3, -0.25) is 0 Å². The predicted molar refractivity (Wildman–Crippen MR) is 115 cm³/mol. The Hall–Kier alpha value is -2.16. The molecule has 1 aliphatic carbocycles. The van der Waals surface area contributed by atoms with E-state index in [0.717, 1.165) is 43.0 Å². The number of aromatic nitrogens is 3. The van der Waals surface area contributed by atoms with Crippen LogP contribution < -0.4 is 26.5 Å². The molecule has 1 spiro atoms. The van der Waals surface area contributed by atoms with Crippen molar-refractivity contribution < 1.29 is 30.3 Å². The van der Waals surface area contributed by atoms with Crippen LogP contribution in [0.15, 0.2) is 56.4 Å². The molecule has 0 atom stereocenters. The average molecular weight is 533 g/mol. The summed E-state index contributed by atoms with van der Waals surface area (Å²) in [6.07, 6.45) is 11.1. The zero-order valence-electron chi connectivity index (χ0n) is 17.8. The Balaban J connectivity index is 1.34. The van der Waals surface area contributed by atoms with Gasteiger partial charge < -0.3 is 0 Å². The summed E-state index contributed by atoms with van der Waals surface area (Å²) >= 11 is -0.270. The van der Waals surface area contributed by atoms with Crippen molar-refractivity contribution in [2.75, 3.05) is 11.9 Å². The van der Waals surface area contributed by atoms with Crippen LogP contribution in [0.4, 0.5) is 10.1 Å². The summed E-state index contributed by atoms with van der Waals surface area (Å²) in [5, 5.41) is 3.82. The van der Waals surface area contributed by atoms with Crippen LogP contribution >= 0.6 is 0 Å². The summed E-state index contributed by atoms with van der Waals surface area (Å²) < 4.78 is 25.9. The minimum absolute atomic E-state index is 0.129. The van der Waals surface area contributed by atoms with Crippen LogP contribution in [-0.4, -0.2) is 21.1 Å². The molecular formula is C24H27FIN4O-. The number of allylic oxidation sites excluding steroid dienone is 3. The maximum atomic E-state index is 13.7. The Labute approximate surface area is 192 Å². The molecule has 0 radical (unpaired) electrons. The Morgan fingerprint density at radius 1 is 1.32 bits per heavy atom. The molecule has 2 aliphatic heterocycles. The summed E-state index contributed by atoms with van der Waals surface area (Å²) in [6.45, 7) is 5.00. The van der Waals surface area contributed by atoms with Gasteiger partial charge >= 0.3 is 173 Å². The van der Waals surface area contributed by atoms with Crippen molar-refractivity contribution in [1.82, 2.24) is 14.5 Å². The Morgan fingerprint density at radius 2 is 2.16 bits per heavy atom. The number of nitrogens with one attached hydrogen (secondary N) is 1. The second-order valence-corrected chi connectivity index (χ2v) is 10.8. The Bertz CT molecular complexity index is 1060. The van der Waals surface area contributed by atoms with Crippen molar-refractivity contribution >= 4 is 5.69 Å². The molecule has 4 heterocycles. The minimum atomic E-state index is -0.270. The van der Waals surface area contributed by atoms with E-state index in [9.17, 15) is 4.39 Å². The van der Waals surface area contributed by atoms with Gasteiger partial charge in [0.1, 0.15) is 0 Å². The van der Waals surface area contributed by atoms with Crippen LogP contribution in [0.3, 0.4) is 0 Å². The van der Waals surface area contributed by atoms with E-state index in [4.69, 9.17) is 9.72 Å². The van der Waals surface area contributed by atoms with Crippen molar-refractivity contribution in [3.63, 3.8) is 0 Å². The third-order valence-electron chi connectivity index (χ3n) is 6.36. The number of anilines is 1. The van der Waals surface area contributed by atoms with E-state index in [0.29, 0.717) is 24.2 Å². The van der Waals surface area contributed by atoms with Gasteiger partial charge in [0, 0.05) is 6.20 Å². The quantitative estimate of drug-likeness (QED) is 0.615. The van der Waals surface area contributed by atoms with E-state index >= 15 is 0 Å². The van der Waals surface area contributed by atoms with Crippen LogP contribution in [-0.2, 0) is 10.3 Å². The van der Waals surface area contributed by atoms with Crippen molar-refractivity contribution in [2.24, 2.45) is 5.92 Å². The first kappa shape index (κ1) is 20.7. The molecule has 0 bridgehead atoms. The number of imidazole rings is 1. The first-order valence-corrected chi connectivity index (χ1v) is 13.4. The number of hydrogen-bond donors (Lipinski definition) is 1. The molecule has 7 heteroatoms. The van der Waals surface area contributed by atoms with E-state index in [1.807, 2.05) is 26.6 Å². The number of fused-ring (bicyclic) bond motifs is 4. The summed E-state index contributed by atoms with van der Waals surface area (Å²) in [6, 6.07) is 4.10. The predicted octanol–water partition coefficient (Wildman–Crippen LogP) is 2.53. The summed E-state index contributed by atoms with van der Waals surface area (Å²) in [7, 11) is 0. The molecular weight excluding hydrogens is 506 g/mol. The van der Waals surface area contributed by atoms with Gasteiger partial charge in [-0.25, -0.2) is 0 Å². The van der Waals surface area contributed by atoms with Crippen LogP contribution in [0.25, 0.3) is 5.82 Å². The molecule has 1 saturated carbocycles. The normalized spacial score (nSPS) is 25.0. The summed E-state index contributed by atoms with van der Waals surface area (Å²) in [5.74, 6) is 3.26. The Morgan fingerprint density at radius 3 is 2.97 bits per heavy atom. The molecule has 0 saturated heterocycles. The van der Waals surface area contributed by atoms with Gasteiger partial charge in [-0.2, -0.15) is 0 Å². The van der Waals surface area contributed by atoms with Gasteiger partial charge in [-0.05, 0) is 0 Å². The van der Waals surface area contributed by atoms with Crippen LogP contribution in [0.5, 0.6) is 0 Å². The fourth-order valence-electron chi connectivity index (χ4n) is 4.74. The van der Waals surface area contributed by atoms with Crippen molar-refractivity contribution in [3.05, 3.63) is 67.9 Å². The zero-order chi connectivity index (χ0) is 21.4. The number of hydrogen-bond acceptors (Lipinski definition) is 4. The van der Waals surface area contributed by atoms with Crippen molar-refractivity contribution in [3.8, 4) is 5.82 Å². The fraction of sp³-hybridized carbons (Fsp3) is 0.417. The second-order valence-electron chi connectivity index (χ2n) is 8.79. The van der Waals surface area contributed by atoms with Gasteiger partial charge in [0.25, 0.3) is 0 Å². The van der Waals surface area contributed by atoms with Crippen LogP contribution in [0.1, 0.15) is 57.0 Å². The van der Waals surface area contributed by atoms with E-state index in [-0.39, 0.29) is 32.6 Å². The van der Waals surface area contributed by atoms with E-state index < -0.39 is 0 Å². The molecule has 0 amide bonds. The maximum absolute atomic E-state index is 13.7. The number of pyridine rings is 1. The third kappa shape index (κ3) is 3.92. The Kier molecular flexibility index (Phi) is 5.62. The molecule has 0 unspecified atom stereocenters. The van der Waals surface area contributed by atoms with Gasteiger partial charge in [-0.15, -0.1) is 0 Å². The van der Waals surface area contributed by atoms with Gasteiger partial charge in [0.15, 0.2) is 0 Å². The molecule has 164 valence electrons. The molecule has 31 heavy (non-hydrogen) atoms. The summed E-state index contributed by atoms with van der Waals surface area (Å²) in [4.78, 5) is 9.44. The molecule has 5 nitrogen and oxygen atoms in total. The molecule has 0 aromatic carbocycles. The number of ether oxygens (including phenoxy) is 1. The van der Waals surface area contributed by atoms with Crippen molar-refractivity contribution in [1.29, 1.82) is 0 Å². The molecule has 2 aromatic heterocycles. The molecule has 2 aromatic rings. The first-order valence-electron chi connectivity index (χ1n) is 10.9.